The summed E-state index contributed by atoms with van der Waals surface area (Å²) < 4.78 is 7.39. The van der Waals surface area contributed by atoms with Gasteiger partial charge in [-0.3, -0.25) is 0 Å². The summed E-state index contributed by atoms with van der Waals surface area (Å²) in [4.78, 5) is 4.43. The summed E-state index contributed by atoms with van der Waals surface area (Å²) in [7, 11) is 0. The van der Waals surface area contributed by atoms with Crippen molar-refractivity contribution in [2.45, 2.75) is 52.1 Å². The highest BCUT2D eigenvalue weighted by atomic mass is 16.5. The number of rotatable bonds is 7. The molecule has 1 atom stereocenters. The standard InChI is InChI=1S/C16H24N4O/c1-4-17-15(12-5-6-12)13-7-8-20(9-13)10-14-18-16(11(2)3)21-19-14/h7-9,11-12,15,17H,4-6,10H2,1-3H3. The molecule has 0 aliphatic heterocycles. The van der Waals surface area contributed by atoms with Crippen molar-refractivity contribution in [3.63, 3.8) is 0 Å². The second-order valence-electron chi connectivity index (χ2n) is 6.19. The molecule has 114 valence electrons. The Morgan fingerprint density at radius 1 is 1.43 bits per heavy atom. The summed E-state index contributed by atoms with van der Waals surface area (Å²) in [5.74, 6) is 2.53. The highest BCUT2D eigenvalue weighted by Gasteiger charge is 2.32. The van der Waals surface area contributed by atoms with Crippen LogP contribution in [0.4, 0.5) is 0 Å². The van der Waals surface area contributed by atoms with Crippen molar-refractivity contribution in [1.29, 1.82) is 0 Å². The molecule has 0 bridgehead atoms. The van der Waals surface area contributed by atoms with E-state index in [1.165, 1.54) is 18.4 Å². The molecular formula is C16H24N4O. The smallest absolute Gasteiger partial charge is 0.229 e. The predicted molar refractivity (Wildman–Crippen MR) is 81.1 cm³/mol. The zero-order valence-corrected chi connectivity index (χ0v) is 13.0. The fraction of sp³-hybridized carbons (Fsp3) is 0.625. The Hall–Kier alpha value is -1.62. The molecule has 2 heterocycles. The van der Waals surface area contributed by atoms with Crippen molar-refractivity contribution >= 4 is 0 Å². The molecule has 3 rings (SSSR count). The van der Waals surface area contributed by atoms with Gasteiger partial charge in [-0.1, -0.05) is 25.9 Å². The van der Waals surface area contributed by atoms with Crippen LogP contribution in [0.25, 0.3) is 0 Å². The lowest BCUT2D eigenvalue weighted by molar-refractivity contribution is 0.360. The molecule has 2 aromatic heterocycles. The Kier molecular flexibility index (Phi) is 4.10. The second-order valence-corrected chi connectivity index (χ2v) is 6.19. The van der Waals surface area contributed by atoms with Gasteiger partial charge in [-0.2, -0.15) is 4.98 Å². The first kappa shape index (κ1) is 14.3. The van der Waals surface area contributed by atoms with Gasteiger partial charge in [0.1, 0.15) is 0 Å². The van der Waals surface area contributed by atoms with E-state index in [-0.39, 0.29) is 5.92 Å². The first-order chi connectivity index (χ1) is 10.2. The van der Waals surface area contributed by atoms with Crippen LogP contribution < -0.4 is 5.32 Å². The van der Waals surface area contributed by atoms with E-state index in [9.17, 15) is 0 Å². The van der Waals surface area contributed by atoms with Crippen LogP contribution in [-0.2, 0) is 6.54 Å². The van der Waals surface area contributed by atoms with Gasteiger partial charge in [-0.25, -0.2) is 0 Å². The molecule has 2 aromatic rings. The van der Waals surface area contributed by atoms with Gasteiger partial charge in [-0.05, 0) is 36.9 Å². The summed E-state index contributed by atoms with van der Waals surface area (Å²) in [5, 5.41) is 7.64. The first-order valence-corrected chi connectivity index (χ1v) is 7.89. The summed E-state index contributed by atoms with van der Waals surface area (Å²) in [5.41, 5.74) is 1.37. The third-order valence-corrected chi connectivity index (χ3v) is 3.95. The highest BCUT2D eigenvalue weighted by Crippen LogP contribution is 2.41. The van der Waals surface area contributed by atoms with E-state index in [0.29, 0.717) is 18.5 Å². The van der Waals surface area contributed by atoms with Crippen molar-refractivity contribution in [3.8, 4) is 0 Å². The van der Waals surface area contributed by atoms with Crippen molar-refractivity contribution < 1.29 is 4.52 Å². The normalized spacial score (nSPS) is 16.6. The third-order valence-electron chi connectivity index (χ3n) is 3.95. The molecule has 1 aliphatic rings. The van der Waals surface area contributed by atoms with E-state index in [2.05, 4.69) is 59.3 Å². The van der Waals surface area contributed by atoms with Gasteiger partial charge in [0.2, 0.25) is 5.89 Å². The van der Waals surface area contributed by atoms with Crippen LogP contribution >= 0.6 is 0 Å². The predicted octanol–water partition coefficient (Wildman–Crippen LogP) is 3.10. The lowest BCUT2D eigenvalue weighted by Crippen LogP contribution is -2.22. The highest BCUT2D eigenvalue weighted by molar-refractivity contribution is 5.18. The van der Waals surface area contributed by atoms with E-state index in [1.54, 1.807) is 0 Å². The molecule has 0 spiro atoms. The Morgan fingerprint density at radius 3 is 2.86 bits per heavy atom. The maximum absolute atomic E-state index is 5.25. The van der Waals surface area contributed by atoms with Gasteiger partial charge in [0.05, 0.1) is 6.54 Å². The minimum Gasteiger partial charge on any atom is -0.346 e. The zero-order valence-electron chi connectivity index (χ0n) is 13.0. The van der Waals surface area contributed by atoms with E-state index in [4.69, 9.17) is 4.52 Å². The first-order valence-electron chi connectivity index (χ1n) is 7.89. The lowest BCUT2D eigenvalue weighted by atomic mass is 10.1. The van der Waals surface area contributed by atoms with Crippen molar-refractivity contribution in [2.75, 3.05) is 6.54 Å². The Balaban J connectivity index is 1.68. The maximum Gasteiger partial charge on any atom is 0.229 e. The van der Waals surface area contributed by atoms with Gasteiger partial charge in [-0.15, -0.1) is 0 Å². The van der Waals surface area contributed by atoms with E-state index in [1.807, 2.05) is 0 Å². The fourth-order valence-corrected chi connectivity index (χ4v) is 2.68. The molecule has 21 heavy (non-hydrogen) atoms. The van der Waals surface area contributed by atoms with Crippen LogP contribution in [0.1, 0.15) is 62.9 Å². The van der Waals surface area contributed by atoms with Crippen molar-refractivity contribution in [1.82, 2.24) is 20.0 Å². The van der Waals surface area contributed by atoms with Gasteiger partial charge in [0.25, 0.3) is 0 Å². The van der Waals surface area contributed by atoms with Crippen LogP contribution in [0.2, 0.25) is 0 Å². The van der Waals surface area contributed by atoms with E-state index < -0.39 is 0 Å². The Labute approximate surface area is 125 Å². The van der Waals surface area contributed by atoms with Gasteiger partial charge >= 0.3 is 0 Å². The Morgan fingerprint density at radius 2 is 2.24 bits per heavy atom. The summed E-state index contributed by atoms with van der Waals surface area (Å²) >= 11 is 0. The minimum atomic E-state index is 0.277. The molecule has 1 fully saturated rings. The summed E-state index contributed by atoms with van der Waals surface area (Å²) in [6.07, 6.45) is 6.99. The minimum absolute atomic E-state index is 0.277. The third kappa shape index (κ3) is 3.35. The van der Waals surface area contributed by atoms with Gasteiger partial charge in [0.15, 0.2) is 5.82 Å². The molecular weight excluding hydrogens is 264 g/mol. The van der Waals surface area contributed by atoms with Crippen LogP contribution in [-0.4, -0.2) is 21.3 Å². The Bertz CT molecular complexity index is 583. The van der Waals surface area contributed by atoms with E-state index in [0.717, 1.165) is 18.3 Å². The topological polar surface area (TPSA) is 55.9 Å². The van der Waals surface area contributed by atoms with Gasteiger partial charge < -0.3 is 14.4 Å². The summed E-state index contributed by atoms with van der Waals surface area (Å²) in [6, 6.07) is 2.70. The number of nitrogens with zero attached hydrogens (tertiary/aromatic N) is 3. The monoisotopic (exact) mass is 288 g/mol. The number of hydrogen-bond donors (Lipinski definition) is 1. The summed E-state index contributed by atoms with van der Waals surface area (Å²) in [6.45, 7) is 7.96. The molecule has 5 heteroatoms. The molecule has 1 N–H and O–H groups in total. The largest absolute Gasteiger partial charge is 0.346 e. The lowest BCUT2D eigenvalue weighted by Gasteiger charge is -2.15. The second kappa shape index (κ2) is 6.02. The number of hydrogen-bond acceptors (Lipinski definition) is 4. The molecule has 1 aliphatic carbocycles. The molecule has 0 saturated heterocycles. The molecule has 1 saturated carbocycles. The fourth-order valence-electron chi connectivity index (χ4n) is 2.68. The average molecular weight is 288 g/mol. The SMILES string of the molecule is CCNC(c1ccn(Cc2noc(C(C)C)n2)c1)C1CC1. The average Bonchev–Trinajstić information content (AvgIpc) is 3.00. The molecule has 0 aromatic carbocycles. The van der Waals surface area contributed by atoms with Crippen LogP contribution in [0.15, 0.2) is 23.0 Å². The van der Waals surface area contributed by atoms with Crippen LogP contribution in [0.3, 0.4) is 0 Å². The van der Waals surface area contributed by atoms with Crippen molar-refractivity contribution in [2.24, 2.45) is 5.92 Å². The molecule has 5 nitrogen and oxygen atoms in total. The van der Waals surface area contributed by atoms with E-state index >= 15 is 0 Å². The molecule has 0 radical (unpaired) electrons. The van der Waals surface area contributed by atoms with Crippen LogP contribution in [0.5, 0.6) is 0 Å². The zero-order chi connectivity index (χ0) is 14.8. The van der Waals surface area contributed by atoms with Crippen LogP contribution in [0, 0.1) is 5.92 Å². The van der Waals surface area contributed by atoms with Crippen molar-refractivity contribution in [3.05, 3.63) is 35.7 Å². The number of nitrogens with one attached hydrogen (secondary N) is 1. The molecule has 1 unspecified atom stereocenters. The van der Waals surface area contributed by atoms with Gasteiger partial charge in [0, 0.05) is 24.4 Å². The quantitative estimate of drug-likeness (QED) is 0.850. The molecule has 0 amide bonds. The number of aromatic nitrogens is 3. The maximum atomic E-state index is 5.25.